The number of nitrogens with two attached hydrogens (primary N) is 1. The Labute approximate surface area is 166 Å². The van der Waals surface area contributed by atoms with Gasteiger partial charge in [0.25, 0.3) is 0 Å². The van der Waals surface area contributed by atoms with E-state index >= 15 is 0 Å². The van der Waals surface area contributed by atoms with Gasteiger partial charge in [-0.05, 0) is 30.5 Å². The number of halogens is 1. The molecule has 9 heteroatoms. The van der Waals surface area contributed by atoms with Gasteiger partial charge in [-0.1, -0.05) is 23.4 Å². The fourth-order valence-electron chi connectivity index (χ4n) is 3.03. The predicted octanol–water partition coefficient (Wildman–Crippen LogP) is 3.14. The molecule has 1 fully saturated rings. The first-order valence-corrected chi connectivity index (χ1v) is 10.4. The molecule has 0 radical (unpaired) electrons. The molecule has 1 aromatic carbocycles. The number of amides is 1. The normalized spacial score (nSPS) is 16.2. The van der Waals surface area contributed by atoms with Crippen molar-refractivity contribution in [3.8, 4) is 11.5 Å². The molecule has 27 heavy (non-hydrogen) atoms. The van der Waals surface area contributed by atoms with Crippen molar-refractivity contribution >= 4 is 29.3 Å². The zero-order chi connectivity index (χ0) is 18.8. The second-order valence-corrected chi connectivity index (χ2v) is 8.06. The van der Waals surface area contributed by atoms with Crippen LogP contribution in [0.2, 0.25) is 5.02 Å². The van der Waals surface area contributed by atoms with Gasteiger partial charge in [-0.15, -0.1) is 10.2 Å². The minimum absolute atomic E-state index is 0.285. The maximum Gasteiger partial charge on any atom is 0.217 e. The van der Waals surface area contributed by atoms with Crippen molar-refractivity contribution in [1.82, 2.24) is 14.8 Å². The van der Waals surface area contributed by atoms with Crippen LogP contribution in [-0.4, -0.2) is 33.9 Å². The molecular formula is C18H21ClN4O3S. The number of benzene rings is 1. The Morgan fingerprint density at radius 3 is 2.89 bits per heavy atom. The van der Waals surface area contributed by atoms with E-state index in [4.69, 9.17) is 26.8 Å². The van der Waals surface area contributed by atoms with E-state index in [2.05, 4.69) is 14.8 Å². The Morgan fingerprint density at radius 1 is 1.30 bits per heavy atom. The zero-order valence-corrected chi connectivity index (χ0v) is 16.4. The molecular weight excluding hydrogens is 388 g/mol. The van der Waals surface area contributed by atoms with Crippen molar-refractivity contribution < 1.29 is 14.3 Å². The number of thioether (sulfide) groups is 1. The molecule has 1 saturated carbocycles. The van der Waals surface area contributed by atoms with Crippen molar-refractivity contribution in [2.75, 3.05) is 13.2 Å². The van der Waals surface area contributed by atoms with Crippen LogP contribution in [-0.2, 0) is 17.0 Å². The van der Waals surface area contributed by atoms with E-state index in [1.54, 1.807) is 11.8 Å². The SMILES string of the molecule is NC(=O)CCc1nnc(SCc2cc(Cl)c3c(c2)OCCCO3)n1C1CC1. The van der Waals surface area contributed by atoms with E-state index in [0.717, 1.165) is 35.8 Å². The average Bonchev–Trinajstić information content (AvgIpc) is 3.43. The summed E-state index contributed by atoms with van der Waals surface area (Å²) in [6, 6.07) is 4.32. The molecule has 7 nitrogen and oxygen atoms in total. The van der Waals surface area contributed by atoms with Crippen LogP contribution < -0.4 is 15.2 Å². The third kappa shape index (κ3) is 4.32. The summed E-state index contributed by atoms with van der Waals surface area (Å²) in [6.45, 7) is 1.23. The van der Waals surface area contributed by atoms with Gasteiger partial charge in [0.2, 0.25) is 5.91 Å². The molecule has 4 rings (SSSR count). The Bertz CT molecular complexity index is 853. The summed E-state index contributed by atoms with van der Waals surface area (Å²) in [4.78, 5) is 11.1. The van der Waals surface area contributed by atoms with E-state index < -0.39 is 0 Å². The maximum atomic E-state index is 11.1. The largest absolute Gasteiger partial charge is 0.489 e. The molecule has 0 spiro atoms. The fourth-order valence-corrected chi connectivity index (χ4v) is 4.27. The van der Waals surface area contributed by atoms with Gasteiger partial charge in [0, 0.05) is 31.1 Å². The van der Waals surface area contributed by atoms with Crippen LogP contribution >= 0.6 is 23.4 Å². The highest BCUT2D eigenvalue weighted by molar-refractivity contribution is 7.98. The molecule has 0 bridgehead atoms. The number of hydrogen-bond donors (Lipinski definition) is 1. The van der Waals surface area contributed by atoms with Gasteiger partial charge in [-0.3, -0.25) is 4.79 Å². The van der Waals surface area contributed by atoms with Crippen LogP contribution in [0, 0.1) is 0 Å². The van der Waals surface area contributed by atoms with Crippen molar-refractivity contribution in [2.45, 2.75) is 49.1 Å². The summed E-state index contributed by atoms with van der Waals surface area (Å²) >= 11 is 7.98. The van der Waals surface area contributed by atoms with E-state index in [1.165, 1.54) is 0 Å². The first kappa shape index (κ1) is 18.4. The second-order valence-electron chi connectivity index (χ2n) is 6.71. The fraction of sp³-hybridized carbons (Fsp3) is 0.500. The third-order valence-electron chi connectivity index (χ3n) is 4.47. The molecule has 2 aromatic rings. The molecule has 1 aliphatic carbocycles. The molecule has 1 aromatic heterocycles. The first-order valence-electron chi connectivity index (χ1n) is 9.04. The molecule has 1 aliphatic heterocycles. The summed E-state index contributed by atoms with van der Waals surface area (Å²) in [5.74, 6) is 2.52. The summed E-state index contributed by atoms with van der Waals surface area (Å²) in [7, 11) is 0. The van der Waals surface area contributed by atoms with Crippen LogP contribution in [0.3, 0.4) is 0 Å². The number of rotatable bonds is 7. The molecule has 0 saturated heterocycles. The van der Waals surface area contributed by atoms with Gasteiger partial charge in [0.05, 0.1) is 18.2 Å². The number of aromatic nitrogens is 3. The lowest BCUT2D eigenvalue weighted by atomic mass is 10.2. The van der Waals surface area contributed by atoms with Gasteiger partial charge < -0.3 is 19.8 Å². The van der Waals surface area contributed by atoms with E-state index in [0.29, 0.717) is 48.0 Å². The molecule has 2 N–H and O–H groups in total. The lowest BCUT2D eigenvalue weighted by Gasteiger charge is -2.12. The van der Waals surface area contributed by atoms with Gasteiger partial charge in [-0.2, -0.15) is 0 Å². The lowest BCUT2D eigenvalue weighted by molar-refractivity contribution is -0.118. The lowest BCUT2D eigenvalue weighted by Crippen LogP contribution is -2.13. The smallest absolute Gasteiger partial charge is 0.217 e. The van der Waals surface area contributed by atoms with E-state index in [9.17, 15) is 4.79 Å². The van der Waals surface area contributed by atoms with Crippen LogP contribution in [0.15, 0.2) is 17.3 Å². The highest BCUT2D eigenvalue weighted by Crippen LogP contribution is 2.41. The van der Waals surface area contributed by atoms with Crippen LogP contribution in [0.5, 0.6) is 11.5 Å². The predicted molar refractivity (Wildman–Crippen MR) is 102 cm³/mol. The topological polar surface area (TPSA) is 92.3 Å². The monoisotopic (exact) mass is 408 g/mol. The molecule has 0 atom stereocenters. The van der Waals surface area contributed by atoms with Gasteiger partial charge in [0.1, 0.15) is 5.82 Å². The Balaban J connectivity index is 1.50. The van der Waals surface area contributed by atoms with E-state index in [1.807, 2.05) is 12.1 Å². The highest BCUT2D eigenvalue weighted by atomic mass is 35.5. The number of fused-ring (bicyclic) bond motifs is 1. The Kier molecular flexibility index (Phi) is 5.45. The Hall–Kier alpha value is -1.93. The zero-order valence-electron chi connectivity index (χ0n) is 14.8. The minimum atomic E-state index is -0.323. The van der Waals surface area contributed by atoms with Crippen LogP contribution in [0.1, 0.15) is 43.1 Å². The molecule has 2 heterocycles. The standard InChI is InChI=1S/C18H21ClN4O3S/c19-13-8-11(9-14-17(13)26-7-1-6-25-14)10-27-18-22-21-16(5-4-15(20)24)23(18)12-2-3-12/h8-9,12H,1-7,10H2,(H2,20,24). The molecule has 2 aliphatic rings. The van der Waals surface area contributed by atoms with Crippen LogP contribution in [0.25, 0.3) is 0 Å². The van der Waals surface area contributed by atoms with E-state index in [-0.39, 0.29) is 12.3 Å². The minimum Gasteiger partial charge on any atom is -0.489 e. The van der Waals surface area contributed by atoms with Crippen molar-refractivity contribution in [1.29, 1.82) is 0 Å². The summed E-state index contributed by atoms with van der Waals surface area (Å²) < 4.78 is 13.6. The van der Waals surface area contributed by atoms with Gasteiger partial charge >= 0.3 is 0 Å². The van der Waals surface area contributed by atoms with Crippen molar-refractivity contribution in [3.05, 3.63) is 28.5 Å². The number of carbonyl (C=O) groups is 1. The number of aryl methyl sites for hydroxylation is 1. The second kappa shape index (κ2) is 7.98. The number of nitrogens with zero attached hydrogens (tertiary/aromatic N) is 3. The summed E-state index contributed by atoms with van der Waals surface area (Å²) in [6.07, 6.45) is 3.88. The molecule has 0 unspecified atom stereocenters. The maximum absolute atomic E-state index is 11.1. The molecule has 1 amide bonds. The van der Waals surface area contributed by atoms with Crippen molar-refractivity contribution in [2.24, 2.45) is 5.73 Å². The van der Waals surface area contributed by atoms with Gasteiger partial charge in [-0.25, -0.2) is 0 Å². The first-order chi connectivity index (χ1) is 13.1. The highest BCUT2D eigenvalue weighted by Gasteiger charge is 2.29. The number of primary amides is 1. The molecule has 144 valence electrons. The quantitative estimate of drug-likeness (QED) is 0.707. The number of carbonyl (C=O) groups excluding carboxylic acids is 1. The third-order valence-corrected chi connectivity index (χ3v) is 5.77. The average molecular weight is 409 g/mol. The number of hydrogen-bond acceptors (Lipinski definition) is 6. The summed E-state index contributed by atoms with van der Waals surface area (Å²) in [5, 5.41) is 10.0. The Morgan fingerprint density at radius 2 is 2.11 bits per heavy atom. The van der Waals surface area contributed by atoms with Gasteiger partial charge in [0.15, 0.2) is 16.7 Å². The van der Waals surface area contributed by atoms with Crippen molar-refractivity contribution in [3.63, 3.8) is 0 Å². The summed E-state index contributed by atoms with van der Waals surface area (Å²) in [5.41, 5.74) is 6.31. The van der Waals surface area contributed by atoms with Crippen LogP contribution in [0.4, 0.5) is 0 Å². The number of ether oxygens (including phenoxy) is 2.